The number of rotatable bonds is 7. The molecular weight excluding hydrogens is 276 g/mol. The van der Waals surface area contributed by atoms with Crippen LogP contribution in [0.3, 0.4) is 0 Å². The number of nitrogens with zero attached hydrogens (tertiary/aromatic N) is 1. The second-order valence-electron chi connectivity index (χ2n) is 6.56. The first-order valence-electron chi connectivity index (χ1n) is 7.90. The van der Waals surface area contributed by atoms with Crippen molar-refractivity contribution in [2.75, 3.05) is 11.5 Å². The van der Waals surface area contributed by atoms with Gasteiger partial charge in [-0.2, -0.15) is 11.8 Å². The molecule has 0 aliphatic heterocycles. The summed E-state index contributed by atoms with van der Waals surface area (Å²) in [7, 11) is 0. The van der Waals surface area contributed by atoms with E-state index in [0.717, 1.165) is 13.1 Å². The Morgan fingerprint density at radius 3 is 2.71 bits per heavy atom. The number of aryl methyl sites for hydroxylation is 1. The minimum absolute atomic E-state index is 0.161. The maximum Gasteiger partial charge on any atom is 0.0483 e. The molecule has 2 aromatic rings. The molecule has 1 aromatic heterocycles. The zero-order valence-electron chi connectivity index (χ0n) is 13.8. The van der Waals surface area contributed by atoms with Gasteiger partial charge in [-0.1, -0.05) is 19.1 Å². The van der Waals surface area contributed by atoms with Gasteiger partial charge in [0, 0.05) is 30.3 Å². The molecule has 0 saturated heterocycles. The summed E-state index contributed by atoms with van der Waals surface area (Å²) >= 11 is 2.03. The molecule has 116 valence electrons. The van der Waals surface area contributed by atoms with Crippen molar-refractivity contribution in [1.82, 2.24) is 9.88 Å². The number of benzene rings is 1. The van der Waals surface area contributed by atoms with Crippen molar-refractivity contribution in [3.05, 3.63) is 36.0 Å². The standard InChI is InChI=1S/C18H28N2S/c1-5-21-12-6-10-20-11-9-16-8-7-15(13-17(16)20)14-19-18(2,3)4/h7-9,11,13,19H,5-6,10,12,14H2,1-4H3. The quantitative estimate of drug-likeness (QED) is 0.748. The smallest absolute Gasteiger partial charge is 0.0483 e. The van der Waals surface area contributed by atoms with E-state index in [2.05, 4.69) is 68.0 Å². The maximum absolute atomic E-state index is 3.56. The summed E-state index contributed by atoms with van der Waals surface area (Å²) in [6.07, 6.45) is 3.47. The third-order valence-electron chi connectivity index (χ3n) is 3.55. The first kappa shape index (κ1) is 16.4. The predicted octanol–water partition coefficient (Wildman–Crippen LogP) is 4.67. The Labute approximate surface area is 133 Å². The summed E-state index contributed by atoms with van der Waals surface area (Å²) in [5, 5.41) is 4.91. The SMILES string of the molecule is CCSCCCn1ccc2ccc(CNC(C)(C)C)cc21. The molecule has 0 aliphatic carbocycles. The van der Waals surface area contributed by atoms with Gasteiger partial charge in [0.15, 0.2) is 0 Å². The Bertz CT molecular complexity index is 566. The van der Waals surface area contributed by atoms with E-state index < -0.39 is 0 Å². The molecule has 0 unspecified atom stereocenters. The highest BCUT2D eigenvalue weighted by Gasteiger charge is 2.09. The Kier molecular flexibility index (Phi) is 5.77. The summed E-state index contributed by atoms with van der Waals surface area (Å²) in [6, 6.07) is 9.04. The Morgan fingerprint density at radius 2 is 2.00 bits per heavy atom. The van der Waals surface area contributed by atoms with Crippen LogP contribution in [0.4, 0.5) is 0 Å². The molecule has 0 saturated carbocycles. The van der Waals surface area contributed by atoms with Crippen molar-refractivity contribution in [3.63, 3.8) is 0 Å². The second-order valence-corrected chi connectivity index (χ2v) is 7.95. The van der Waals surface area contributed by atoms with Gasteiger partial charge in [-0.3, -0.25) is 0 Å². The fourth-order valence-corrected chi connectivity index (χ4v) is 3.00. The van der Waals surface area contributed by atoms with Crippen LogP contribution in [0.15, 0.2) is 30.5 Å². The summed E-state index contributed by atoms with van der Waals surface area (Å²) < 4.78 is 2.39. The minimum Gasteiger partial charge on any atom is -0.347 e. The topological polar surface area (TPSA) is 17.0 Å². The molecule has 3 heteroatoms. The Hall–Kier alpha value is -0.930. The van der Waals surface area contributed by atoms with Crippen molar-refractivity contribution < 1.29 is 0 Å². The second kappa shape index (κ2) is 7.37. The molecule has 0 bridgehead atoms. The van der Waals surface area contributed by atoms with Crippen LogP contribution in [0.25, 0.3) is 10.9 Å². The molecule has 2 rings (SSSR count). The monoisotopic (exact) mass is 304 g/mol. The van der Waals surface area contributed by atoms with Gasteiger partial charge in [0.1, 0.15) is 0 Å². The molecule has 0 radical (unpaired) electrons. The highest BCUT2D eigenvalue weighted by molar-refractivity contribution is 7.99. The molecule has 1 heterocycles. The van der Waals surface area contributed by atoms with E-state index in [1.165, 1.54) is 34.4 Å². The van der Waals surface area contributed by atoms with E-state index in [1.54, 1.807) is 0 Å². The first-order chi connectivity index (χ1) is 9.99. The molecule has 0 amide bonds. The molecule has 0 atom stereocenters. The average Bonchev–Trinajstić information content (AvgIpc) is 2.83. The number of aromatic nitrogens is 1. The number of hydrogen-bond acceptors (Lipinski definition) is 2. The van der Waals surface area contributed by atoms with E-state index in [0.29, 0.717) is 0 Å². The Morgan fingerprint density at radius 1 is 1.19 bits per heavy atom. The normalized spacial score (nSPS) is 12.2. The molecule has 0 spiro atoms. The van der Waals surface area contributed by atoms with Crippen molar-refractivity contribution in [3.8, 4) is 0 Å². The fraction of sp³-hybridized carbons (Fsp3) is 0.556. The van der Waals surface area contributed by atoms with Gasteiger partial charge < -0.3 is 9.88 Å². The summed E-state index contributed by atoms with van der Waals surface area (Å²) in [6.45, 7) is 10.9. The number of thioether (sulfide) groups is 1. The van der Waals surface area contributed by atoms with Gasteiger partial charge in [0.25, 0.3) is 0 Å². The zero-order chi connectivity index (χ0) is 15.3. The van der Waals surface area contributed by atoms with Gasteiger partial charge in [-0.15, -0.1) is 0 Å². The van der Waals surface area contributed by atoms with E-state index in [9.17, 15) is 0 Å². The van der Waals surface area contributed by atoms with E-state index in [4.69, 9.17) is 0 Å². The summed E-state index contributed by atoms with van der Waals surface area (Å²) in [4.78, 5) is 0. The molecule has 1 aromatic carbocycles. The predicted molar refractivity (Wildman–Crippen MR) is 96.1 cm³/mol. The van der Waals surface area contributed by atoms with Crippen LogP contribution in [0.2, 0.25) is 0 Å². The molecule has 21 heavy (non-hydrogen) atoms. The largest absolute Gasteiger partial charge is 0.347 e. The number of fused-ring (bicyclic) bond motifs is 1. The van der Waals surface area contributed by atoms with E-state index in [-0.39, 0.29) is 5.54 Å². The summed E-state index contributed by atoms with van der Waals surface area (Å²) in [5.41, 5.74) is 2.89. The van der Waals surface area contributed by atoms with Crippen LogP contribution in [-0.4, -0.2) is 21.6 Å². The lowest BCUT2D eigenvalue weighted by Crippen LogP contribution is -2.35. The number of hydrogen-bond donors (Lipinski definition) is 1. The average molecular weight is 305 g/mol. The zero-order valence-corrected chi connectivity index (χ0v) is 14.6. The molecule has 0 aliphatic rings. The van der Waals surface area contributed by atoms with Gasteiger partial charge in [0.2, 0.25) is 0 Å². The highest BCUT2D eigenvalue weighted by Crippen LogP contribution is 2.19. The van der Waals surface area contributed by atoms with Gasteiger partial charge in [0.05, 0.1) is 0 Å². The maximum atomic E-state index is 3.56. The van der Waals surface area contributed by atoms with Crippen LogP contribution in [0.1, 0.15) is 39.7 Å². The third kappa shape index (κ3) is 5.08. The lowest BCUT2D eigenvalue weighted by molar-refractivity contribution is 0.424. The molecule has 0 fully saturated rings. The highest BCUT2D eigenvalue weighted by atomic mass is 32.2. The lowest BCUT2D eigenvalue weighted by atomic mass is 10.1. The van der Waals surface area contributed by atoms with Gasteiger partial charge >= 0.3 is 0 Å². The van der Waals surface area contributed by atoms with Crippen molar-refractivity contribution >= 4 is 22.7 Å². The van der Waals surface area contributed by atoms with Crippen LogP contribution in [0, 0.1) is 0 Å². The Balaban J connectivity index is 2.05. The lowest BCUT2D eigenvalue weighted by Gasteiger charge is -2.20. The van der Waals surface area contributed by atoms with Crippen LogP contribution in [-0.2, 0) is 13.1 Å². The molecule has 2 nitrogen and oxygen atoms in total. The van der Waals surface area contributed by atoms with Crippen molar-refractivity contribution in [1.29, 1.82) is 0 Å². The van der Waals surface area contributed by atoms with E-state index in [1.807, 2.05) is 11.8 Å². The van der Waals surface area contributed by atoms with Gasteiger partial charge in [-0.25, -0.2) is 0 Å². The minimum atomic E-state index is 0.161. The van der Waals surface area contributed by atoms with Crippen LogP contribution < -0.4 is 5.32 Å². The van der Waals surface area contributed by atoms with Crippen molar-refractivity contribution in [2.45, 2.75) is 52.7 Å². The van der Waals surface area contributed by atoms with Crippen LogP contribution in [0.5, 0.6) is 0 Å². The third-order valence-corrected chi connectivity index (χ3v) is 4.54. The summed E-state index contributed by atoms with van der Waals surface area (Å²) in [5.74, 6) is 2.47. The first-order valence-corrected chi connectivity index (χ1v) is 9.05. The number of nitrogens with one attached hydrogen (secondary N) is 1. The fourth-order valence-electron chi connectivity index (χ4n) is 2.38. The van der Waals surface area contributed by atoms with E-state index >= 15 is 0 Å². The molecule has 1 N–H and O–H groups in total. The van der Waals surface area contributed by atoms with Crippen LogP contribution >= 0.6 is 11.8 Å². The molecular formula is C18H28N2S. The van der Waals surface area contributed by atoms with Crippen molar-refractivity contribution in [2.24, 2.45) is 0 Å². The van der Waals surface area contributed by atoms with Gasteiger partial charge in [-0.05, 0) is 61.8 Å².